The maximum atomic E-state index is 5.60. The summed E-state index contributed by atoms with van der Waals surface area (Å²) in [4.78, 5) is 0.725. The molecule has 0 aromatic rings. The molecule has 0 atom stereocenters. The molecule has 10 heavy (non-hydrogen) atoms. The topological polar surface area (TPSA) is 26.0 Å². The molecule has 1 rings (SSSR count). The molecule has 58 valence electrons. The summed E-state index contributed by atoms with van der Waals surface area (Å²) in [5.41, 5.74) is 6.48. The van der Waals surface area contributed by atoms with Gasteiger partial charge in [-0.1, -0.05) is 22.5 Å². The highest BCUT2D eigenvalue weighted by molar-refractivity contribution is 9.09. The second-order valence-electron chi connectivity index (χ2n) is 3.02. The lowest BCUT2D eigenvalue weighted by molar-refractivity contribution is 0.413. The van der Waals surface area contributed by atoms with Crippen molar-refractivity contribution in [2.45, 2.75) is 30.5 Å². The van der Waals surface area contributed by atoms with Gasteiger partial charge in [-0.3, -0.25) is 0 Å². The lowest BCUT2D eigenvalue weighted by Crippen LogP contribution is -2.18. The summed E-state index contributed by atoms with van der Waals surface area (Å²) in [7, 11) is 0. The first-order valence-corrected chi connectivity index (χ1v) is 4.70. The van der Waals surface area contributed by atoms with Crippen LogP contribution in [-0.4, -0.2) is 4.83 Å². The Morgan fingerprint density at radius 3 is 2.20 bits per heavy atom. The van der Waals surface area contributed by atoms with Crippen molar-refractivity contribution in [2.24, 2.45) is 11.7 Å². The molecule has 1 aliphatic rings. The fourth-order valence-electron chi connectivity index (χ4n) is 1.42. The van der Waals surface area contributed by atoms with Gasteiger partial charge < -0.3 is 5.73 Å². The number of hydrogen-bond donors (Lipinski definition) is 1. The Bertz CT molecular complexity index is 125. The van der Waals surface area contributed by atoms with Crippen molar-refractivity contribution in [1.29, 1.82) is 0 Å². The normalized spacial score (nSPS) is 33.7. The molecule has 2 N–H and O–H groups in total. The summed E-state index contributed by atoms with van der Waals surface area (Å²) in [6.45, 7) is 3.77. The van der Waals surface area contributed by atoms with E-state index in [1.807, 2.05) is 0 Å². The van der Waals surface area contributed by atoms with Crippen LogP contribution in [0.5, 0.6) is 0 Å². The smallest absolute Gasteiger partial charge is 0.0146 e. The summed E-state index contributed by atoms with van der Waals surface area (Å²) < 4.78 is 0. The predicted octanol–water partition coefficient (Wildman–Crippen LogP) is 2.41. The Labute approximate surface area is 70.8 Å². The van der Waals surface area contributed by atoms with Crippen molar-refractivity contribution < 1.29 is 0 Å². The van der Waals surface area contributed by atoms with Crippen molar-refractivity contribution >= 4 is 15.9 Å². The third-order valence-corrected chi connectivity index (χ3v) is 3.10. The van der Waals surface area contributed by atoms with Crippen LogP contribution in [0, 0.1) is 5.92 Å². The summed E-state index contributed by atoms with van der Waals surface area (Å²) in [6, 6.07) is 0. The lowest BCUT2D eigenvalue weighted by atomic mass is 9.87. The first-order chi connectivity index (χ1) is 4.70. The van der Waals surface area contributed by atoms with Crippen LogP contribution in [0.15, 0.2) is 12.3 Å². The minimum absolute atomic E-state index is 0.591. The molecule has 1 saturated carbocycles. The molecule has 0 bridgehead atoms. The van der Waals surface area contributed by atoms with Gasteiger partial charge in [0.15, 0.2) is 0 Å². The van der Waals surface area contributed by atoms with Crippen LogP contribution in [0.3, 0.4) is 0 Å². The maximum Gasteiger partial charge on any atom is 0.0146 e. The van der Waals surface area contributed by atoms with Crippen LogP contribution in [0.1, 0.15) is 25.7 Å². The highest BCUT2D eigenvalue weighted by atomic mass is 79.9. The molecule has 1 nitrogen and oxygen atoms in total. The van der Waals surface area contributed by atoms with Gasteiger partial charge in [0.05, 0.1) is 0 Å². The molecular formula is C8H14BrN. The van der Waals surface area contributed by atoms with Gasteiger partial charge in [0, 0.05) is 10.5 Å². The highest BCUT2D eigenvalue weighted by Gasteiger charge is 2.19. The van der Waals surface area contributed by atoms with Gasteiger partial charge >= 0.3 is 0 Å². The number of rotatable bonds is 1. The first kappa shape index (κ1) is 8.12. The van der Waals surface area contributed by atoms with Crippen molar-refractivity contribution in [3.05, 3.63) is 12.3 Å². The van der Waals surface area contributed by atoms with E-state index in [1.165, 1.54) is 25.7 Å². The molecule has 0 amide bonds. The Hall–Kier alpha value is 0.0200. The molecule has 0 unspecified atom stereocenters. The third kappa shape index (κ3) is 2.01. The predicted molar refractivity (Wildman–Crippen MR) is 48.0 cm³/mol. The summed E-state index contributed by atoms with van der Waals surface area (Å²) in [5.74, 6) is 0.591. The zero-order valence-corrected chi connectivity index (χ0v) is 7.73. The van der Waals surface area contributed by atoms with Crippen LogP contribution < -0.4 is 5.73 Å². The van der Waals surface area contributed by atoms with E-state index in [0.717, 1.165) is 10.5 Å². The molecule has 0 heterocycles. The van der Waals surface area contributed by atoms with Crippen LogP contribution in [0.25, 0.3) is 0 Å². The highest BCUT2D eigenvalue weighted by Crippen LogP contribution is 2.30. The molecule has 0 radical (unpaired) electrons. The molecule has 0 aromatic heterocycles. The van der Waals surface area contributed by atoms with Crippen molar-refractivity contribution in [3.8, 4) is 0 Å². The van der Waals surface area contributed by atoms with Crippen molar-refractivity contribution in [1.82, 2.24) is 0 Å². The molecule has 0 aliphatic heterocycles. The van der Waals surface area contributed by atoms with Gasteiger partial charge in [-0.25, -0.2) is 0 Å². The minimum atomic E-state index is 0.591. The summed E-state index contributed by atoms with van der Waals surface area (Å²) in [6.07, 6.45) is 4.93. The van der Waals surface area contributed by atoms with E-state index >= 15 is 0 Å². The van der Waals surface area contributed by atoms with Gasteiger partial charge in [0.2, 0.25) is 0 Å². The number of nitrogens with two attached hydrogens (primary N) is 1. The van der Waals surface area contributed by atoms with E-state index in [9.17, 15) is 0 Å². The average molecular weight is 204 g/mol. The summed E-state index contributed by atoms with van der Waals surface area (Å²) >= 11 is 3.59. The molecule has 1 aliphatic carbocycles. The molecule has 1 fully saturated rings. The molecule has 0 aromatic carbocycles. The van der Waals surface area contributed by atoms with Gasteiger partial charge in [-0.05, 0) is 31.6 Å². The van der Waals surface area contributed by atoms with E-state index < -0.39 is 0 Å². The quantitative estimate of drug-likeness (QED) is 0.652. The van der Waals surface area contributed by atoms with E-state index in [0.29, 0.717) is 5.92 Å². The van der Waals surface area contributed by atoms with Crippen molar-refractivity contribution in [3.63, 3.8) is 0 Å². The molecular weight excluding hydrogens is 190 g/mol. The fourth-order valence-corrected chi connectivity index (χ4v) is 1.95. The van der Waals surface area contributed by atoms with Crippen LogP contribution in [-0.2, 0) is 0 Å². The standard InChI is InChI=1S/C8H14BrN/c1-6(10)7-2-4-8(9)5-3-7/h7-8H,1-5,10H2. The van der Waals surface area contributed by atoms with E-state index in [-0.39, 0.29) is 0 Å². The number of alkyl halides is 1. The van der Waals surface area contributed by atoms with Crippen LogP contribution in [0.2, 0.25) is 0 Å². The Balaban J connectivity index is 2.33. The van der Waals surface area contributed by atoms with Crippen LogP contribution >= 0.6 is 15.9 Å². The van der Waals surface area contributed by atoms with Crippen molar-refractivity contribution in [2.75, 3.05) is 0 Å². The van der Waals surface area contributed by atoms with E-state index in [4.69, 9.17) is 5.73 Å². The zero-order chi connectivity index (χ0) is 7.56. The fraction of sp³-hybridized carbons (Fsp3) is 0.750. The van der Waals surface area contributed by atoms with E-state index in [2.05, 4.69) is 22.5 Å². The third-order valence-electron chi connectivity index (χ3n) is 2.18. The molecule has 0 saturated heterocycles. The number of halogens is 1. The SMILES string of the molecule is C=C(N)C1CCC(Br)CC1. The Morgan fingerprint density at radius 1 is 1.30 bits per heavy atom. The Kier molecular flexibility index (Phi) is 2.78. The second kappa shape index (κ2) is 3.42. The number of hydrogen-bond acceptors (Lipinski definition) is 1. The first-order valence-electron chi connectivity index (χ1n) is 3.78. The minimum Gasteiger partial charge on any atom is -0.402 e. The monoisotopic (exact) mass is 203 g/mol. The van der Waals surface area contributed by atoms with E-state index in [1.54, 1.807) is 0 Å². The zero-order valence-electron chi connectivity index (χ0n) is 6.15. The van der Waals surface area contributed by atoms with Gasteiger partial charge in [0.25, 0.3) is 0 Å². The molecule has 0 spiro atoms. The Morgan fingerprint density at radius 2 is 1.80 bits per heavy atom. The maximum absolute atomic E-state index is 5.60. The van der Waals surface area contributed by atoms with Crippen LogP contribution in [0.4, 0.5) is 0 Å². The largest absolute Gasteiger partial charge is 0.402 e. The lowest BCUT2D eigenvalue weighted by Gasteiger charge is -2.24. The average Bonchev–Trinajstić information content (AvgIpc) is 1.88. The summed E-state index contributed by atoms with van der Waals surface area (Å²) in [5, 5.41) is 0. The molecule has 2 heteroatoms. The van der Waals surface area contributed by atoms with Gasteiger partial charge in [-0.15, -0.1) is 0 Å². The van der Waals surface area contributed by atoms with Gasteiger partial charge in [0.1, 0.15) is 0 Å². The van der Waals surface area contributed by atoms with Gasteiger partial charge in [-0.2, -0.15) is 0 Å². The number of allylic oxidation sites excluding steroid dienone is 1. The second-order valence-corrected chi connectivity index (χ2v) is 4.32.